The van der Waals surface area contributed by atoms with Crippen molar-refractivity contribution in [2.24, 2.45) is 0 Å². The third kappa shape index (κ3) is 4.08. The van der Waals surface area contributed by atoms with Crippen LogP contribution in [0.2, 0.25) is 0 Å². The minimum atomic E-state index is -5.16. The quantitative estimate of drug-likeness (QED) is 0.365. The van der Waals surface area contributed by atoms with Gasteiger partial charge in [-0.05, 0) is 6.07 Å². The molecule has 0 aliphatic carbocycles. The third-order valence-electron chi connectivity index (χ3n) is 3.77. The van der Waals surface area contributed by atoms with Crippen LogP contribution in [0.1, 0.15) is 5.56 Å². The number of halogens is 3. The van der Waals surface area contributed by atoms with Crippen LogP contribution in [0.5, 0.6) is 5.75 Å². The van der Waals surface area contributed by atoms with E-state index in [1.807, 2.05) is 0 Å². The van der Waals surface area contributed by atoms with Crippen LogP contribution in [-0.2, 0) is 11.0 Å². The molecule has 0 saturated carbocycles. The lowest BCUT2D eigenvalue weighted by atomic mass is 10.1. The molecular weight excluding hydrogens is 421 g/mol. The SMILES string of the molecule is COc1ccc([N+](=O)[O-])cc1N(C=O)c1c([N+](=O)[O-])cc(C(F)(F)F)cc1[N+](=O)[O-]. The Morgan fingerprint density at radius 3 is 1.87 bits per heavy atom. The van der Waals surface area contributed by atoms with Crippen molar-refractivity contribution < 1.29 is 37.5 Å². The fourth-order valence-electron chi connectivity index (χ4n) is 2.50. The number of alkyl halides is 3. The standard InChI is InChI=1S/C15H9F3N4O8/c1-30-13-3-2-9(20(24)25)6-10(13)19(7-23)14-11(21(26)27)4-8(15(16,17)18)5-12(14)22(28)29/h2-7H,1H3. The molecule has 0 radical (unpaired) electrons. The Hall–Kier alpha value is -4.30. The van der Waals surface area contributed by atoms with Gasteiger partial charge in [0.15, 0.2) is 0 Å². The van der Waals surface area contributed by atoms with E-state index < -0.39 is 54.9 Å². The minimum absolute atomic E-state index is 0.0165. The van der Waals surface area contributed by atoms with E-state index in [0.717, 1.165) is 25.3 Å². The molecule has 0 heterocycles. The van der Waals surface area contributed by atoms with E-state index in [9.17, 15) is 48.3 Å². The number of hydrogen-bond acceptors (Lipinski definition) is 8. The number of benzene rings is 2. The number of amides is 1. The lowest BCUT2D eigenvalue weighted by Gasteiger charge is -2.20. The normalized spacial score (nSPS) is 10.9. The Labute approximate surface area is 163 Å². The molecular formula is C15H9F3N4O8. The maximum absolute atomic E-state index is 13.0. The first-order chi connectivity index (χ1) is 13.9. The number of nitro benzene ring substituents is 3. The predicted octanol–water partition coefficient (Wildman–Crippen LogP) is 3.73. The highest BCUT2D eigenvalue weighted by molar-refractivity contribution is 5.97. The van der Waals surface area contributed by atoms with Gasteiger partial charge in [-0.1, -0.05) is 0 Å². The molecule has 0 N–H and O–H groups in total. The fourth-order valence-corrected chi connectivity index (χ4v) is 2.50. The summed E-state index contributed by atoms with van der Waals surface area (Å²) in [5, 5.41) is 33.8. The Morgan fingerprint density at radius 2 is 1.50 bits per heavy atom. The predicted molar refractivity (Wildman–Crippen MR) is 92.6 cm³/mol. The summed E-state index contributed by atoms with van der Waals surface area (Å²) in [7, 11) is 1.07. The maximum atomic E-state index is 13.0. The topological polar surface area (TPSA) is 159 Å². The summed E-state index contributed by atoms with van der Waals surface area (Å²) < 4.78 is 44.1. The summed E-state index contributed by atoms with van der Waals surface area (Å²) >= 11 is 0. The van der Waals surface area contributed by atoms with E-state index in [4.69, 9.17) is 4.74 Å². The molecule has 30 heavy (non-hydrogen) atoms. The summed E-state index contributed by atoms with van der Waals surface area (Å²) in [6.45, 7) is 0. The minimum Gasteiger partial charge on any atom is -0.495 e. The van der Waals surface area contributed by atoms with Crippen LogP contribution in [0.3, 0.4) is 0 Å². The molecule has 0 atom stereocenters. The summed E-state index contributed by atoms with van der Waals surface area (Å²) in [5.41, 5.74) is -6.81. The molecule has 0 aliphatic rings. The van der Waals surface area contributed by atoms with Crippen molar-refractivity contribution in [3.8, 4) is 5.75 Å². The number of rotatable bonds is 7. The highest BCUT2D eigenvalue weighted by Crippen LogP contribution is 2.47. The van der Waals surface area contributed by atoms with Gasteiger partial charge in [-0.15, -0.1) is 0 Å². The average molecular weight is 430 g/mol. The van der Waals surface area contributed by atoms with Crippen LogP contribution in [0.4, 0.5) is 41.6 Å². The van der Waals surface area contributed by atoms with Gasteiger partial charge in [0.05, 0.1) is 33.1 Å². The molecule has 2 aromatic carbocycles. The summed E-state index contributed by atoms with van der Waals surface area (Å²) in [6, 6.07) is 2.72. The first-order valence-electron chi connectivity index (χ1n) is 7.53. The van der Waals surface area contributed by atoms with Crippen molar-refractivity contribution in [3.05, 3.63) is 66.2 Å². The average Bonchev–Trinajstić information content (AvgIpc) is 2.67. The molecule has 1 amide bonds. The largest absolute Gasteiger partial charge is 0.495 e. The maximum Gasteiger partial charge on any atom is 0.416 e. The van der Waals surface area contributed by atoms with E-state index in [2.05, 4.69) is 0 Å². The number of methoxy groups -OCH3 is 1. The molecule has 2 aromatic rings. The number of nitro groups is 3. The lowest BCUT2D eigenvalue weighted by Crippen LogP contribution is -2.19. The second-order valence-corrected chi connectivity index (χ2v) is 5.46. The van der Waals surface area contributed by atoms with Crippen LogP contribution < -0.4 is 9.64 Å². The number of ether oxygens (including phenoxy) is 1. The molecule has 0 spiro atoms. The number of nitrogens with zero attached hydrogens (tertiary/aromatic N) is 4. The first-order valence-corrected chi connectivity index (χ1v) is 7.53. The van der Waals surface area contributed by atoms with Crippen molar-refractivity contribution in [3.63, 3.8) is 0 Å². The first kappa shape index (κ1) is 22.0. The number of anilines is 2. The van der Waals surface area contributed by atoms with Crippen molar-refractivity contribution in [2.75, 3.05) is 12.0 Å². The van der Waals surface area contributed by atoms with Crippen molar-refractivity contribution in [1.29, 1.82) is 0 Å². The second-order valence-electron chi connectivity index (χ2n) is 5.46. The molecule has 0 saturated heterocycles. The lowest BCUT2D eigenvalue weighted by molar-refractivity contribution is -0.392. The number of carbonyl (C=O) groups excluding carboxylic acids is 1. The Kier molecular flexibility index (Phi) is 5.85. The van der Waals surface area contributed by atoms with Crippen LogP contribution in [-0.4, -0.2) is 28.3 Å². The van der Waals surface area contributed by atoms with Crippen LogP contribution in [0.25, 0.3) is 0 Å². The Balaban J connectivity index is 2.94. The van der Waals surface area contributed by atoms with Gasteiger partial charge >= 0.3 is 17.6 Å². The number of carbonyl (C=O) groups is 1. The smallest absolute Gasteiger partial charge is 0.416 e. The van der Waals surface area contributed by atoms with E-state index in [1.165, 1.54) is 0 Å². The molecule has 0 aromatic heterocycles. The molecule has 158 valence electrons. The van der Waals surface area contributed by atoms with E-state index in [-0.39, 0.29) is 29.2 Å². The zero-order chi connectivity index (χ0) is 22.8. The van der Waals surface area contributed by atoms with Gasteiger partial charge in [-0.25, -0.2) is 0 Å². The van der Waals surface area contributed by atoms with Gasteiger partial charge in [0.2, 0.25) is 12.1 Å². The van der Waals surface area contributed by atoms with Crippen molar-refractivity contribution in [2.45, 2.75) is 6.18 Å². The molecule has 0 unspecified atom stereocenters. The summed E-state index contributed by atoms with van der Waals surface area (Å²) in [5.74, 6) is -0.267. The van der Waals surface area contributed by atoms with E-state index in [1.54, 1.807) is 0 Å². The van der Waals surface area contributed by atoms with E-state index in [0.29, 0.717) is 0 Å². The van der Waals surface area contributed by atoms with Crippen LogP contribution in [0, 0.1) is 30.3 Å². The molecule has 15 heteroatoms. The zero-order valence-electron chi connectivity index (χ0n) is 14.7. The van der Waals surface area contributed by atoms with E-state index >= 15 is 0 Å². The molecule has 0 fully saturated rings. The van der Waals surface area contributed by atoms with Gasteiger partial charge in [0.25, 0.3) is 5.69 Å². The van der Waals surface area contributed by atoms with Crippen LogP contribution in [0.15, 0.2) is 30.3 Å². The highest BCUT2D eigenvalue weighted by atomic mass is 19.4. The van der Waals surface area contributed by atoms with Gasteiger partial charge in [-0.2, -0.15) is 13.2 Å². The second kappa shape index (κ2) is 7.98. The fraction of sp³-hybridized carbons (Fsp3) is 0.133. The third-order valence-corrected chi connectivity index (χ3v) is 3.77. The van der Waals surface area contributed by atoms with Crippen molar-refractivity contribution >= 4 is 34.8 Å². The molecule has 0 aliphatic heterocycles. The highest BCUT2D eigenvalue weighted by Gasteiger charge is 2.40. The monoisotopic (exact) mass is 430 g/mol. The number of hydrogen-bond donors (Lipinski definition) is 0. The van der Waals surface area contributed by atoms with Gasteiger partial charge in [0.1, 0.15) is 5.75 Å². The Morgan fingerprint density at radius 1 is 0.967 bits per heavy atom. The summed E-state index contributed by atoms with van der Waals surface area (Å²) in [6.07, 6.45) is -5.34. The number of non-ortho nitro benzene ring substituents is 1. The zero-order valence-corrected chi connectivity index (χ0v) is 14.7. The Bertz CT molecular complexity index is 1020. The van der Waals surface area contributed by atoms with Gasteiger partial charge < -0.3 is 4.74 Å². The molecule has 2 rings (SSSR count). The van der Waals surface area contributed by atoms with Crippen molar-refractivity contribution in [1.82, 2.24) is 0 Å². The van der Waals surface area contributed by atoms with Gasteiger partial charge in [0, 0.05) is 24.3 Å². The molecule has 12 nitrogen and oxygen atoms in total. The molecule has 0 bridgehead atoms. The summed E-state index contributed by atoms with van der Waals surface area (Å²) in [4.78, 5) is 42.2. The van der Waals surface area contributed by atoms with Crippen LogP contribution >= 0.6 is 0 Å². The van der Waals surface area contributed by atoms with Gasteiger partial charge in [-0.3, -0.25) is 40.0 Å².